The van der Waals surface area contributed by atoms with Gasteiger partial charge < -0.3 is 15.1 Å². The van der Waals surface area contributed by atoms with Gasteiger partial charge in [-0.05, 0) is 26.7 Å². The van der Waals surface area contributed by atoms with Crippen molar-refractivity contribution in [2.75, 3.05) is 11.9 Å². The third-order valence-electron chi connectivity index (χ3n) is 3.05. The quantitative estimate of drug-likeness (QED) is 0.782. The summed E-state index contributed by atoms with van der Waals surface area (Å²) >= 11 is 0. The number of aromatic nitrogens is 1. The van der Waals surface area contributed by atoms with Gasteiger partial charge in [0.15, 0.2) is 0 Å². The van der Waals surface area contributed by atoms with Crippen LogP contribution in [0, 0.1) is 5.92 Å². The normalized spacial score (nSPS) is 12.1. The number of nitrogens with one attached hydrogen (secondary N) is 2. The Kier molecular flexibility index (Phi) is 5.66. The molecule has 0 aliphatic heterocycles. The van der Waals surface area contributed by atoms with Crippen molar-refractivity contribution in [2.45, 2.75) is 59.5 Å². The van der Waals surface area contributed by atoms with Crippen molar-refractivity contribution in [1.82, 2.24) is 10.3 Å². The maximum Gasteiger partial charge on any atom is 0.294 e. The number of hydrogen-bond acceptors (Lipinski definition) is 4. The third kappa shape index (κ3) is 5.54. The second-order valence-electron chi connectivity index (χ2n) is 5.81. The van der Waals surface area contributed by atoms with E-state index in [0.717, 1.165) is 18.8 Å². The molecule has 1 heterocycles. The third-order valence-corrected chi connectivity index (χ3v) is 3.05. The van der Waals surface area contributed by atoms with Crippen LogP contribution in [0.4, 0.5) is 6.01 Å². The summed E-state index contributed by atoms with van der Waals surface area (Å²) in [4.78, 5) is 4.41. The molecule has 0 amide bonds. The molecule has 0 radical (unpaired) electrons. The maximum absolute atomic E-state index is 5.41. The minimum Gasteiger partial charge on any atom is -0.432 e. The van der Waals surface area contributed by atoms with E-state index < -0.39 is 0 Å². The smallest absolute Gasteiger partial charge is 0.294 e. The van der Waals surface area contributed by atoms with E-state index in [1.54, 1.807) is 6.26 Å². The van der Waals surface area contributed by atoms with Crippen LogP contribution in [0.1, 0.15) is 53.2 Å². The van der Waals surface area contributed by atoms with Crippen LogP contribution in [0.25, 0.3) is 0 Å². The molecule has 2 N–H and O–H groups in total. The first-order chi connectivity index (χ1) is 8.44. The van der Waals surface area contributed by atoms with Crippen LogP contribution < -0.4 is 10.6 Å². The van der Waals surface area contributed by atoms with Gasteiger partial charge in [-0.25, -0.2) is 0 Å². The molecule has 0 saturated carbocycles. The van der Waals surface area contributed by atoms with E-state index in [0.29, 0.717) is 11.9 Å². The first-order valence-corrected chi connectivity index (χ1v) is 6.88. The summed E-state index contributed by atoms with van der Waals surface area (Å²) in [6.45, 7) is 12.5. The molecule has 4 nitrogen and oxygen atoms in total. The fourth-order valence-corrected chi connectivity index (χ4v) is 1.63. The lowest BCUT2D eigenvalue weighted by molar-refractivity contribution is 0.421. The van der Waals surface area contributed by atoms with Crippen molar-refractivity contribution >= 4 is 6.01 Å². The van der Waals surface area contributed by atoms with Crippen LogP contribution in [0.15, 0.2) is 10.7 Å². The van der Waals surface area contributed by atoms with Crippen LogP contribution in [0.3, 0.4) is 0 Å². The molecular formula is C14H27N3O. The number of nitrogens with zero attached hydrogens (tertiary/aromatic N) is 1. The first kappa shape index (κ1) is 15.0. The second kappa shape index (κ2) is 6.78. The fourth-order valence-electron chi connectivity index (χ4n) is 1.63. The Morgan fingerprint density at radius 2 is 1.94 bits per heavy atom. The molecule has 0 unspecified atom stereocenters. The van der Waals surface area contributed by atoms with Crippen LogP contribution >= 0.6 is 0 Å². The lowest BCUT2D eigenvalue weighted by atomic mass is 10.0. The van der Waals surface area contributed by atoms with Crippen LogP contribution in [0.5, 0.6) is 0 Å². The SMILES string of the molecule is CCC(CC)CNc1nc(CNC(C)(C)C)co1. The van der Waals surface area contributed by atoms with Crippen molar-refractivity contribution < 1.29 is 4.42 Å². The average molecular weight is 253 g/mol. The minimum atomic E-state index is 0.0993. The molecule has 0 spiro atoms. The van der Waals surface area contributed by atoms with Gasteiger partial charge in [-0.2, -0.15) is 4.98 Å². The summed E-state index contributed by atoms with van der Waals surface area (Å²) in [5, 5.41) is 6.65. The van der Waals surface area contributed by atoms with E-state index in [4.69, 9.17) is 4.42 Å². The Balaban J connectivity index is 2.39. The summed E-state index contributed by atoms with van der Waals surface area (Å²) in [5.74, 6) is 0.688. The topological polar surface area (TPSA) is 50.1 Å². The monoisotopic (exact) mass is 253 g/mol. The van der Waals surface area contributed by atoms with Crippen LogP contribution in [-0.4, -0.2) is 17.1 Å². The summed E-state index contributed by atoms with van der Waals surface area (Å²) in [6.07, 6.45) is 4.08. The van der Waals surface area contributed by atoms with Crippen molar-refractivity contribution in [3.8, 4) is 0 Å². The van der Waals surface area contributed by atoms with Gasteiger partial charge in [0.25, 0.3) is 6.01 Å². The number of oxazole rings is 1. The zero-order chi connectivity index (χ0) is 13.6. The average Bonchev–Trinajstić information content (AvgIpc) is 2.75. The predicted octanol–water partition coefficient (Wildman–Crippen LogP) is 3.41. The van der Waals surface area contributed by atoms with Crippen molar-refractivity contribution in [3.63, 3.8) is 0 Å². The van der Waals surface area contributed by atoms with Gasteiger partial charge in [0.05, 0.1) is 5.69 Å². The largest absolute Gasteiger partial charge is 0.432 e. The zero-order valence-corrected chi connectivity index (χ0v) is 12.3. The van der Waals surface area contributed by atoms with Gasteiger partial charge in [0.1, 0.15) is 6.26 Å². The Hall–Kier alpha value is -1.03. The second-order valence-corrected chi connectivity index (χ2v) is 5.81. The van der Waals surface area contributed by atoms with E-state index in [1.165, 1.54) is 12.8 Å². The van der Waals surface area contributed by atoms with E-state index in [2.05, 4.69) is 50.2 Å². The van der Waals surface area contributed by atoms with Gasteiger partial charge in [-0.15, -0.1) is 0 Å². The highest BCUT2D eigenvalue weighted by molar-refractivity contribution is 5.21. The van der Waals surface area contributed by atoms with E-state index in [1.807, 2.05) is 0 Å². The van der Waals surface area contributed by atoms with Gasteiger partial charge >= 0.3 is 0 Å². The summed E-state index contributed by atoms with van der Waals surface area (Å²) < 4.78 is 5.41. The highest BCUT2D eigenvalue weighted by atomic mass is 16.4. The van der Waals surface area contributed by atoms with E-state index in [-0.39, 0.29) is 5.54 Å². The Morgan fingerprint density at radius 1 is 1.28 bits per heavy atom. The van der Waals surface area contributed by atoms with Crippen LogP contribution in [0.2, 0.25) is 0 Å². The molecule has 0 saturated heterocycles. The van der Waals surface area contributed by atoms with Gasteiger partial charge in [-0.3, -0.25) is 0 Å². The van der Waals surface area contributed by atoms with E-state index >= 15 is 0 Å². The predicted molar refractivity (Wildman–Crippen MR) is 75.7 cm³/mol. The zero-order valence-electron chi connectivity index (χ0n) is 12.3. The standard InChI is InChI=1S/C14H27N3O/c1-6-11(7-2)8-15-13-17-12(10-18-13)9-16-14(3,4)5/h10-11,16H,6-9H2,1-5H3,(H,15,17). The first-order valence-electron chi connectivity index (χ1n) is 6.88. The molecule has 0 bridgehead atoms. The van der Waals surface area contributed by atoms with Crippen molar-refractivity contribution in [1.29, 1.82) is 0 Å². The van der Waals surface area contributed by atoms with Gasteiger partial charge in [0, 0.05) is 18.6 Å². The van der Waals surface area contributed by atoms with Gasteiger partial charge in [-0.1, -0.05) is 26.7 Å². The highest BCUT2D eigenvalue weighted by Crippen LogP contribution is 2.12. The van der Waals surface area contributed by atoms with E-state index in [9.17, 15) is 0 Å². The van der Waals surface area contributed by atoms with Crippen molar-refractivity contribution in [2.24, 2.45) is 5.92 Å². The number of rotatable bonds is 7. The molecule has 0 fully saturated rings. The molecule has 1 rings (SSSR count). The lowest BCUT2D eigenvalue weighted by Crippen LogP contribution is -2.35. The summed E-state index contributed by atoms with van der Waals surface area (Å²) in [5.41, 5.74) is 1.04. The number of hydrogen-bond donors (Lipinski definition) is 2. The molecule has 0 aliphatic rings. The Labute approximate surface area is 111 Å². The lowest BCUT2D eigenvalue weighted by Gasteiger charge is -2.19. The fraction of sp³-hybridized carbons (Fsp3) is 0.786. The van der Waals surface area contributed by atoms with Gasteiger partial charge in [0.2, 0.25) is 0 Å². The molecule has 0 aromatic carbocycles. The highest BCUT2D eigenvalue weighted by Gasteiger charge is 2.11. The minimum absolute atomic E-state index is 0.0993. The molecule has 0 aliphatic carbocycles. The molecule has 4 heteroatoms. The number of anilines is 1. The molecule has 1 aromatic heterocycles. The molecular weight excluding hydrogens is 226 g/mol. The molecule has 1 aromatic rings. The summed E-state index contributed by atoms with van der Waals surface area (Å²) in [6, 6.07) is 0.632. The Morgan fingerprint density at radius 3 is 2.50 bits per heavy atom. The summed E-state index contributed by atoms with van der Waals surface area (Å²) in [7, 11) is 0. The molecule has 104 valence electrons. The van der Waals surface area contributed by atoms with Crippen LogP contribution in [-0.2, 0) is 6.54 Å². The maximum atomic E-state index is 5.41. The molecule has 18 heavy (non-hydrogen) atoms. The molecule has 0 atom stereocenters. The van der Waals surface area contributed by atoms with Crippen molar-refractivity contribution in [3.05, 3.63) is 12.0 Å². The Bertz CT molecular complexity index is 337.